The molecule has 0 aliphatic heterocycles. The maximum atomic E-state index is 5.41. The second-order valence-electron chi connectivity index (χ2n) is 3.88. The highest BCUT2D eigenvalue weighted by atomic mass is 14.9. The molecule has 0 aliphatic carbocycles. The van der Waals surface area contributed by atoms with Crippen LogP contribution in [0.5, 0.6) is 0 Å². The Hall–Kier alpha value is -1.26. The Morgan fingerprint density at radius 1 is 1.33 bits per heavy atom. The standard InChI is InChI=1S/C14H19N/c1-4-14(5-2)15-12(3)11-13-9-7-6-8-10-13/h1,6-10,12,14-15H,5,11H2,2-3H3. The molecule has 0 saturated heterocycles. The number of rotatable bonds is 5. The van der Waals surface area contributed by atoms with E-state index in [-0.39, 0.29) is 6.04 Å². The van der Waals surface area contributed by atoms with Crippen LogP contribution in [0, 0.1) is 12.3 Å². The number of benzene rings is 1. The first-order chi connectivity index (χ1) is 7.26. The van der Waals surface area contributed by atoms with Crippen LogP contribution >= 0.6 is 0 Å². The van der Waals surface area contributed by atoms with E-state index in [1.54, 1.807) is 0 Å². The van der Waals surface area contributed by atoms with Gasteiger partial charge in [0.15, 0.2) is 0 Å². The molecule has 0 aromatic heterocycles. The molecule has 0 amide bonds. The third kappa shape index (κ3) is 4.18. The Morgan fingerprint density at radius 2 is 2.00 bits per heavy atom. The van der Waals surface area contributed by atoms with Crippen molar-refractivity contribution in [1.82, 2.24) is 5.32 Å². The van der Waals surface area contributed by atoms with Crippen molar-refractivity contribution in [2.45, 2.75) is 38.8 Å². The van der Waals surface area contributed by atoms with Gasteiger partial charge in [0.25, 0.3) is 0 Å². The summed E-state index contributed by atoms with van der Waals surface area (Å²) in [5.74, 6) is 2.76. The average molecular weight is 201 g/mol. The molecule has 0 heterocycles. The van der Waals surface area contributed by atoms with Gasteiger partial charge in [-0.2, -0.15) is 0 Å². The molecule has 0 spiro atoms. The van der Waals surface area contributed by atoms with E-state index in [2.05, 4.69) is 49.4 Å². The molecule has 0 saturated carbocycles. The average Bonchev–Trinajstić information content (AvgIpc) is 2.27. The second-order valence-corrected chi connectivity index (χ2v) is 3.88. The van der Waals surface area contributed by atoms with E-state index in [4.69, 9.17) is 6.42 Å². The minimum Gasteiger partial charge on any atom is -0.301 e. The van der Waals surface area contributed by atoms with Crippen molar-refractivity contribution in [3.63, 3.8) is 0 Å². The van der Waals surface area contributed by atoms with Gasteiger partial charge in [0, 0.05) is 6.04 Å². The molecule has 1 aromatic rings. The van der Waals surface area contributed by atoms with Crippen molar-refractivity contribution in [2.24, 2.45) is 0 Å². The van der Waals surface area contributed by atoms with Crippen molar-refractivity contribution < 1.29 is 0 Å². The van der Waals surface area contributed by atoms with Gasteiger partial charge in [-0.1, -0.05) is 43.2 Å². The monoisotopic (exact) mass is 201 g/mol. The van der Waals surface area contributed by atoms with Gasteiger partial charge in [-0.3, -0.25) is 0 Å². The SMILES string of the molecule is C#CC(CC)NC(C)Cc1ccccc1. The molecule has 1 aromatic carbocycles. The van der Waals surface area contributed by atoms with Crippen LogP contribution < -0.4 is 5.32 Å². The molecule has 1 nitrogen and oxygen atoms in total. The van der Waals surface area contributed by atoms with E-state index in [0.717, 1.165) is 12.8 Å². The first-order valence-corrected chi connectivity index (χ1v) is 5.52. The lowest BCUT2D eigenvalue weighted by Gasteiger charge is -2.18. The van der Waals surface area contributed by atoms with Crippen LogP contribution in [0.4, 0.5) is 0 Å². The fourth-order valence-electron chi connectivity index (χ4n) is 1.65. The van der Waals surface area contributed by atoms with E-state index in [1.165, 1.54) is 5.56 Å². The largest absolute Gasteiger partial charge is 0.301 e. The molecule has 15 heavy (non-hydrogen) atoms. The molecule has 0 fully saturated rings. The third-order valence-corrected chi connectivity index (χ3v) is 2.48. The van der Waals surface area contributed by atoms with Gasteiger partial charge in [0.05, 0.1) is 6.04 Å². The van der Waals surface area contributed by atoms with Gasteiger partial charge < -0.3 is 5.32 Å². The van der Waals surface area contributed by atoms with E-state index >= 15 is 0 Å². The molecular formula is C14H19N. The van der Waals surface area contributed by atoms with Gasteiger partial charge in [-0.15, -0.1) is 6.42 Å². The van der Waals surface area contributed by atoms with Gasteiger partial charge in [0.2, 0.25) is 0 Å². The predicted molar refractivity (Wildman–Crippen MR) is 65.7 cm³/mol. The van der Waals surface area contributed by atoms with Crippen molar-refractivity contribution in [3.8, 4) is 12.3 Å². The maximum absolute atomic E-state index is 5.41. The van der Waals surface area contributed by atoms with Crippen molar-refractivity contribution >= 4 is 0 Å². The lowest BCUT2D eigenvalue weighted by molar-refractivity contribution is 0.493. The smallest absolute Gasteiger partial charge is 0.0686 e. The first-order valence-electron chi connectivity index (χ1n) is 5.52. The summed E-state index contributed by atoms with van der Waals surface area (Å²) in [6.07, 6.45) is 7.42. The molecule has 0 radical (unpaired) electrons. The van der Waals surface area contributed by atoms with Crippen molar-refractivity contribution in [2.75, 3.05) is 0 Å². The summed E-state index contributed by atoms with van der Waals surface area (Å²) < 4.78 is 0. The van der Waals surface area contributed by atoms with Gasteiger partial charge >= 0.3 is 0 Å². The highest BCUT2D eigenvalue weighted by Crippen LogP contribution is 2.03. The number of hydrogen-bond donors (Lipinski definition) is 1. The second kappa shape index (κ2) is 6.27. The number of hydrogen-bond acceptors (Lipinski definition) is 1. The summed E-state index contributed by atoms with van der Waals surface area (Å²) in [6.45, 7) is 4.28. The summed E-state index contributed by atoms with van der Waals surface area (Å²) in [6, 6.07) is 11.1. The number of nitrogens with one attached hydrogen (secondary N) is 1. The third-order valence-electron chi connectivity index (χ3n) is 2.48. The molecule has 0 aliphatic rings. The summed E-state index contributed by atoms with van der Waals surface area (Å²) in [5, 5.41) is 3.43. The molecule has 1 N–H and O–H groups in total. The highest BCUT2D eigenvalue weighted by Gasteiger charge is 2.07. The zero-order chi connectivity index (χ0) is 11.1. The van der Waals surface area contributed by atoms with Crippen LogP contribution in [0.15, 0.2) is 30.3 Å². The normalized spacial score (nSPS) is 14.2. The van der Waals surface area contributed by atoms with Crippen LogP contribution in [0.25, 0.3) is 0 Å². The maximum Gasteiger partial charge on any atom is 0.0686 e. The summed E-state index contributed by atoms with van der Waals surface area (Å²) in [5.41, 5.74) is 1.35. The fraction of sp³-hybridized carbons (Fsp3) is 0.429. The summed E-state index contributed by atoms with van der Waals surface area (Å²) in [4.78, 5) is 0. The minimum absolute atomic E-state index is 0.198. The zero-order valence-electron chi connectivity index (χ0n) is 9.53. The van der Waals surface area contributed by atoms with E-state index in [9.17, 15) is 0 Å². The highest BCUT2D eigenvalue weighted by molar-refractivity contribution is 5.16. The Kier molecular flexibility index (Phi) is 4.93. The Labute approximate surface area is 92.9 Å². The quantitative estimate of drug-likeness (QED) is 0.722. The minimum atomic E-state index is 0.198. The summed E-state index contributed by atoms with van der Waals surface area (Å²) in [7, 11) is 0. The molecule has 1 heteroatoms. The van der Waals surface area contributed by atoms with Crippen LogP contribution in [0.3, 0.4) is 0 Å². The molecular weight excluding hydrogens is 182 g/mol. The Bertz CT molecular complexity index is 310. The molecule has 1 rings (SSSR count). The first kappa shape index (κ1) is 11.8. The van der Waals surface area contributed by atoms with E-state index in [1.807, 2.05) is 6.07 Å². The fourth-order valence-corrected chi connectivity index (χ4v) is 1.65. The van der Waals surface area contributed by atoms with E-state index < -0.39 is 0 Å². The van der Waals surface area contributed by atoms with E-state index in [0.29, 0.717) is 6.04 Å². The van der Waals surface area contributed by atoms with Crippen molar-refractivity contribution in [3.05, 3.63) is 35.9 Å². The van der Waals surface area contributed by atoms with Crippen LogP contribution in [-0.4, -0.2) is 12.1 Å². The summed E-state index contributed by atoms with van der Waals surface area (Å²) >= 11 is 0. The van der Waals surface area contributed by atoms with Crippen LogP contribution in [0.2, 0.25) is 0 Å². The van der Waals surface area contributed by atoms with Crippen LogP contribution in [0.1, 0.15) is 25.8 Å². The number of terminal acetylenes is 1. The lowest BCUT2D eigenvalue weighted by atomic mass is 10.1. The van der Waals surface area contributed by atoms with Gasteiger partial charge in [0.1, 0.15) is 0 Å². The molecule has 2 atom stereocenters. The Balaban J connectivity index is 2.43. The molecule has 2 unspecified atom stereocenters. The van der Waals surface area contributed by atoms with Gasteiger partial charge in [-0.25, -0.2) is 0 Å². The topological polar surface area (TPSA) is 12.0 Å². The lowest BCUT2D eigenvalue weighted by Crippen LogP contribution is -2.36. The van der Waals surface area contributed by atoms with Crippen molar-refractivity contribution in [1.29, 1.82) is 0 Å². The molecule has 0 bridgehead atoms. The Morgan fingerprint density at radius 3 is 2.53 bits per heavy atom. The van der Waals surface area contributed by atoms with Crippen LogP contribution in [-0.2, 0) is 6.42 Å². The zero-order valence-corrected chi connectivity index (χ0v) is 9.53. The predicted octanol–water partition coefficient (Wildman–Crippen LogP) is 2.62. The van der Waals surface area contributed by atoms with Gasteiger partial charge in [-0.05, 0) is 25.3 Å². The molecule has 80 valence electrons.